The molecule has 0 radical (unpaired) electrons. The summed E-state index contributed by atoms with van der Waals surface area (Å²) in [6, 6.07) is 5.40. The number of anilines is 1. The van der Waals surface area contributed by atoms with E-state index in [1.165, 1.54) is 0 Å². The van der Waals surface area contributed by atoms with Gasteiger partial charge in [-0.15, -0.1) is 0 Å². The third kappa shape index (κ3) is 3.14. The molecule has 1 heterocycles. The molecule has 0 bridgehead atoms. The second-order valence-corrected chi connectivity index (χ2v) is 6.65. The topological polar surface area (TPSA) is 92.2 Å². The van der Waals surface area contributed by atoms with Gasteiger partial charge in [-0.2, -0.15) is 0 Å². The van der Waals surface area contributed by atoms with Crippen molar-refractivity contribution in [2.24, 2.45) is 11.3 Å². The standard InChI is InChI=1S/C14H17N3O3Se/c1-8(2)14(3,13(19)20)7-11(18)15-9-5-4-6-10-12(9)17-21-16-10/h4-6,8H,7H2,1-3H3,(H,15,18)(H,19,20). The Morgan fingerprint density at radius 3 is 2.71 bits per heavy atom. The van der Waals surface area contributed by atoms with E-state index in [-0.39, 0.29) is 33.2 Å². The molecule has 0 aliphatic carbocycles. The van der Waals surface area contributed by atoms with Crippen LogP contribution in [0.2, 0.25) is 0 Å². The zero-order valence-corrected chi connectivity index (χ0v) is 13.8. The molecule has 21 heavy (non-hydrogen) atoms. The molecule has 0 saturated carbocycles. The van der Waals surface area contributed by atoms with Crippen molar-refractivity contribution in [2.75, 3.05) is 5.32 Å². The quantitative estimate of drug-likeness (QED) is 0.799. The first-order valence-corrected chi connectivity index (χ1v) is 8.12. The number of nitrogens with one attached hydrogen (secondary N) is 1. The Hall–Kier alpha value is -1.72. The molecule has 2 rings (SSSR count). The Kier molecular flexibility index (Phi) is 4.44. The number of benzene rings is 1. The van der Waals surface area contributed by atoms with Gasteiger partial charge in [0.15, 0.2) is 0 Å². The second-order valence-electron chi connectivity index (χ2n) is 5.54. The molecule has 2 aromatic rings. The van der Waals surface area contributed by atoms with E-state index in [2.05, 4.69) is 13.3 Å². The molecule has 1 amide bonds. The number of hydrogen-bond acceptors (Lipinski definition) is 4. The fraction of sp³-hybridized carbons (Fsp3) is 0.429. The van der Waals surface area contributed by atoms with E-state index in [0.717, 1.165) is 5.52 Å². The molecule has 0 aliphatic heterocycles. The van der Waals surface area contributed by atoms with Crippen LogP contribution < -0.4 is 5.32 Å². The van der Waals surface area contributed by atoms with Crippen LogP contribution in [0.3, 0.4) is 0 Å². The van der Waals surface area contributed by atoms with Gasteiger partial charge in [-0.1, -0.05) is 0 Å². The third-order valence-corrected chi connectivity index (χ3v) is 4.99. The van der Waals surface area contributed by atoms with Crippen LogP contribution >= 0.6 is 0 Å². The van der Waals surface area contributed by atoms with Gasteiger partial charge >= 0.3 is 128 Å². The Morgan fingerprint density at radius 1 is 1.38 bits per heavy atom. The van der Waals surface area contributed by atoms with Gasteiger partial charge in [0, 0.05) is 0 Å². The molecule has 1 atom stereocenters. The fourth-order valence-electron chi connectivity index (χ4n) is 1.96. The average Bonchev–Trinajstić information content (AvgIpc) is 2.87. The first-order chi connectivity index (χ1) is 9.84. The Bertz CT molecular complexity index is 683. The molecule has 0 saturated heterocycles. The van der Waals surface area contributed by atoms with Gasteiger partial charge in [-0.3, -0.25) is 0 Å². The number of carboxylic acid groups (broad SMARTS) is 1. The van der Waals surface area contributed by atoms with Gasteiger partial charge in [-0.25, -0.2) is 0 Å². The summed E-state index contributed by atoms with van der Waals surface area (Å²) in [5, 5.41) is 12.1. The minimum absolute atomic E-state index is 0.0774. The van der Waals surface area contributed by atoms with Crippen molar-refractivity contribution in [3.05, 3.63) is 18.2 Å². The van der Waals surface area contributed by atoms with Crippen LogP contribution in [-0.4, -0.2) is 39.9 Å². The van der Waals surface area contributed by atoms with Crippen LogP contribution in [0.4, 0.5) is 5.69 Å². The Balaban J connectivity index is 2.18. The van der Waals surface area contributed by atoms with Crippen molar-refractivity contribution in [3.63, 3.8) is 0 Å². The number of aliphatic carboxylic acids is 1. The zero-order chi connectivity index (χ0) is 15.6. The number of nitrogens with zero attached hydrogens (tertiary/aromatic N) is 2. The van der Waals surface area contributed by atoms with E-state index in [9.17, 15) is 14.7 Å². The van der Waals surface area contributed by atoms with Crippen molar-refractivity contribution < 1.29 is 14.7 Å². The normalized spacial score (nSPS) is 14.1. The van der Waals surface area contributed by atoms with Crippen molar-refractivity contribution in [1.82, 2.24) is 7.96 Å². The van der Waals surface area contributed by atoms with Gasteiger partial charge in [0.25, 0.3) is 0 Å². The molecule has 112 valence electrons. The molecule has 6 nitrogen and oxygen atoms in total. The van der Waals surface area contributed by atoms with Crippen molar-refractivity contribution in [3.8, 4) is 0 Å². The maximum atomic E-state index is 12.2. The number of carbonyl (C=O) groups is 2. The number of amides is 1. The Labute approximate surface area is 128 Å². The number of fused-ring (bicyclic) bond motifs is 1. The summed E-state index contributed by atoms with van der Waals surface area (Å²) in [4.78, 5) is 23.6. The van der Waals surface area contributed by atoms with Crippen molar-refractivity contribution in [2.45, 2.75) is 27.2 Å². The van der Waals surface area contributed by atoms with E-state index < -0.39 is 11.4 Å². The van der Waals surface area contributed by atoms with Gasteiger partial charge in [-0.05, 0) is 0 Å². The van der Waals surface area contributed by atoms with Crippen LogP contribution in [0.1, 0.15) is 27.2 Å². The van der Waals surface area contributed by atoms with E-state index in [1.54, 1.807) is 32.9 Å². The number of carbonyl (C=O) groups excluding carboxylic acids is 1. The van der Waals surface area contributed by atoms with Gasteiger partial charge in [0.1, 0.15) is 0 Å². The summed E-state index contributed by atoms with van der Waals surface area (Å²) >= 11 is -0.170. The first kappa shape index (κ1) is 15.7. The van der Waals surface area contributed by atoms with Crippen LogP contribution in [0.15, 0.2) is 18.2 Å². The van der Waals surface area contributed by atoms with Crippen molar-refractivity contribution >= 4 is 43.6 Å². The number of aromatic nitrogens is 2. The first-order valence-electron chi connectivity index (χ1n) is 6.59. The molecule has 1 unspecified atom stereocenters. The third-order valence-electron chi connectivity index (χ3n) is 3.85. The number of carboxylic acids is 1. The van der Waals surface area contributed by atoms with E-state index in [0.29, 0.717) is 11.2 Å². The van der Waals surface area contributed by atoms with Gasteiger partial charge < -0.3 is 0 Å². The maximum absolute atomic E-state index is 12.2. The molecule has 1 aromatic carbocycles. The summed E-state index contributed by atoms with van der Waals surface area (Å²) in [5.74, 6) is -1.43. The molecule has 7 heteroatoms. The zero-order valence-electron chi connectivity index (χ0n) is 12.1. The molecule has 0 aliphatic rings. The molecular weight excluding hydrogens is 337 g/mol. The van der Waals surface area contributed by atoms with E-state index >= 15 is 0 Å². The van der Waals surface area contributed by atoms with Crippen LogP contribution in [0.25, 0.3) is 11.0 Å². The van der Waals surface area contributed by atoms with Crippen LogP contribution in [0.5, 0.6) is 0 Å². The van der Waals surface area contributed by atoms with Crippen LogP contribution in [0, 0.1) is 11.3 Å². The molecule has 0 fully saturated rings. The summed E-state index contributed by atoms with van der Waals surface area (Å²) in [6.45, 7) is 5.20. The summed E-state index contributed by atoms with van der Waals surface area (Å²) < 4.78 is 8.53. The second kappa shape index (κ2) is 5.95. The summed E-state index contributed by atoms with van der Waals surface area (Å²) in [6.07, 6.45) is -0.0774. The SMILES string of the molecule is CC(C)C(C)(CC(=O)Nc1cccc2n[se]nc12)C(=O)O. The molecule has 1 aromatic heterocycles. The molecule has 0 spiro atoms. The van der Waals surface area contributed by atoms with Crippen LogP contribution in [-0.2, 0) is 9.59 Å². The summed E-state index contributed by atoms with van der Waals surface area (Å²) in [7, 11) is 0. The monoisotopic (exact) mass is 355 g/mol. The predicted molar refractivity (Wildman–Crippen MR) is 80.3 cm³/mol. The molecule has 2 N–H and O–H groups in total. The number of rotatable bonds is 5. The molecular formula is C14H17N3O3Se. The van der Waals surface area contributed by atoms with Gasteiger partial charge in [0.2, 0.25) is 0 Å². The average molecular weight is 354 g/mol. The van der Waals surface area contributed by atoms with E-state index in [1.807, 2.05) is 6.07 Å². The number of hydrogen-bond donors (Lipinski definition) is 2. The fourth-order valence-corrected chi connectivity index (χ4v) is 3.11. The van der Waals surface area contributed by atoms with Gasteiger partial charge in [0.05, 0.1) is 0 Å². The van der Waals surface area contributed by atoms with Crippen molar-refractivity contribution in [1.29, 1.82) is 0 Å². The predicted octanol–water partition coefficient (Wildman–Crippen LogP) is 1.76. The minimum atomic E-state index is -1.09. The van der Waals surface area contributed by atoms with E-state index in [4.69, 9.17) is 0 Å². The summed E-state index contributed by atoms with van der Waals surface area (Å²) in [5.41, 5.74) is 0.968. The Morgan fingerprint density at radius 2 is 2.10 bits per heavy atom.